The van der Waals surface area contributed by atoms with Crippen LogP contribution in [0.4, 0.5) is 0 Å². The predicted octanol–water partition coefficient (Wildman–Crippen LogP) is 0.318. The van der Waals surface area contributed by atoms with E-state index in [-0.39, 0.29) is 18.1 Å². The Labute approximate surface area is 113 Å². The summed E-state index contributed by atoms with van der Waals surface area (Å²) in [6, 6.07) is -0.0610. The second-order valence-electron chi connectivity index (χ2n) is 4.83. The molecular weight excluding hydrogens is 244 g/mol. The molecule has 1 aromatic heterocycles. The van der Waals surface area contributed by atoms with Crippen LogP contribution in [0.5, 0.6) is 0 Å². The van der Waals surface area contributed by atoms with Crippen molar-refractivity contribution in [3.63, 3.8) is 0 Å². The Kier molecular flexibility index (Phi) is 4.55. The van der Waals surface area contributed by atoms with Crippen LogP contribution in [0, 0.1) is 0 Å². The van der Waals surface area contributed by atoms with Gasteiger partial charge in [-0.15, -0.1) is 0 Å². The Bertz CT molecular complexity index is 432. The summed E-state index contributed by atoms with van der Waals surface area (Å²) in [6.07, 6.45) is 3.85. The average Bonchev–Trinajstić information content (AvgIpc) is 2.85. The van der Waals surface area contributed by atoms with Crippen molar-refractivity contribution < 1.29 is 9.53 Å². The number of hydrogen-bond donors (Lipinski definition) is 1. The highest BCUT2D eigenvalue weighted by molar-refractivity contribution is 5.76. The maximum Gasteiger partial charge on any atom is 0.324 e. The summed E-state index contributed by atoms with van der Waals surface area (Å²) >= 11 is 0. The van der Waals surface area contributed by atoms with Crippen LogP contribution >= 0.6 is 0 Å². The van der Waals surface area contributed by atoms with Crippen LogP contribution < -0.4 is 5.32 Å². The Balaban J connectivity index is 2.12. The molecule has 0 aliphatic carbocycles. The van der Waals surface area contributed by atoms with E-state index in [0.29, 0.717) is 13.2 Å². The fraction of sp³-hybridized carbons (Fsp3) is 0.692. The number of carbonyl (C=O) groups excluding carboxylic acids is 1. The molecule has 2 rings (SSSR count). The first-order valence-corrected chi connectivity index (χ1v) is 6.75. The van der Waals surface area contributed by atoms with Crippen molar-refractivity contribution in [2.75, 3.05) is 26.2 Å². The molecule has 2 heterocycles. The number of piperazine rings is 1. The first kappa shape index (κ1) is 14.0. The molecule has 6 nitrogen and oxygen atoms in total. The molecule has 1 aromatic rings. The van der Waals surface area contributed by atoms with Gasteiger partial charge in [-0.25, -0.2) is 0 Å². The zero-order valence-corrected chi connectivity index (χ0v) is 11.8. The molecule has 0 spiro atoms. The largest absolute Gasteiger partial charge is 0.465 e. The number of nitrogens with zero attached hydrogens (tertiary/aromatic N) is 3. The fourth-order valence-corrected chi connectivity index (χ4v) is 2.49. The predicted molar refractivity (Wildman–Crippen MR) is 71.6 cm³/mol. The molecule has 1 aliphatic heterocycles. The maximum atomic E-state index is 12.0. The molecule has 19 heavy (non-hydrogen) atoms. The number of esters is 1. The Morgan fingerprint density at radius 2 is 2.47 bits per heavy atom. The Morgan fingerprint density at radius 1 is 1.68 bits per heavy atom. The molecule has 2 atom stereocenters. The molecular formula is C13H22N4O2. The lowest BCUT2D eigenvalue weighted by Crippen LogP contribution is -2.55. The minimum absolute atomic E-state index is 0.148. The zero-order chi connectivity index (χ0) is 13.8. The number of aromatic nitrogens is 2. The molecule has 1 aliphatic rings. The number of aryl methyl sites for hydroxylation is 1. The first-order valence-electron chi connectivity index (χ1n) is 6.75. The van der Waals surface area contributed by atoms with Gasteiger partial charge in [-0.05, 0) is 13.8 Å². The van der Waals surface area contributed by atoms with E-state index in [0.717, 1.165) is 18.7 Å². The van der Waals surface area contributed by atoms with Crippen LogP contribution in [0.25, 0.3) is 0 Å². The van der Waals surface area contributed by atoms with Gasteiger partial charge in [0.2, 0.25) is 0 Å². The normalized spacial score (nSPS) is 22.2. The van der Waals surface area contributed by atoms with E-state index >= 15 is 0 Å². The van der Waals surface area contributed by atoms with Crippen LogP contribution in [-0.4, -0.2) is 52.9 Å². The number of ether oxygens (including phenoxy) is 1. The summed E-state index contributed by atoms with van der Waals surface area (Å²) in [5, 5.41) is 7.45. The molecule has 0 radical (unpaired) electrons. The summed E-state index contributed by atoms with van der Waals surface area (Å²) in [5.41, 5.74) is 1.12. The molecule has 2 unspecified atom stereocenters. The van der Waals surface area contributed by atoms with E-state index in [9.17, 15) is 4.79 Å². The lowest BCUT2D eigenvalue weighted by molar-refractivity contribution is -0.151. The van der Waals surface area contributed by atoms with Gasteiger partial charge in [0.05, 0.1) is 12.8 Å². The summed E-state index contributed by atoms with van der Waals surface area (Å²) in [4.78, 5) is 14.2. The molecule has 0 saturated carbocycles. The number of carbonyl (C=O) groups is 1. The van der Waals surface area contributed by atoms with Gasteiger partial charge in [0, 0.05) is 44.5 Å². The summed E-state index contributed by atoms with van der Waals surface area (Å²) in [6.45, 7) is 6.73. The first-order chi connectivity index (χ1) is 9.13. The van der Waals surface area contributed by atoms with E-state index in [1.54, 1.807) is 4.68 Å². The summed E-state index contributed by atoms with van der Waals surface area (Å²) < 4.78 is 6.95. The van der Waals surface area contributed by atoms with Gasteiger partial charge < -0.3 is 10.1 Å². The number of rotatable bonds is 4. The van der Waals surface area contributed by atoms with Crippen molar-refractivity contribution in [1.29, 1.82) is 0 Å². The second-order valence-corrected chi connectivity index (χ2v) is 4.83. The molecule has 1 saturated heterocycles. The third-order valence-electron chi connectivity index (χ3n) is 3.55. The lowest BCUT2D eigenvalue weighted by Gasteiger charge is -2.38. The van der Waals surface area contributed by atoms with Crippen LogP contribution in [0.3, 0.4) is 0 Å². The van der Waals surface area contributed by atoms with E-state index in [1.807, 2.05) is 26.4 Å². The smallest absolute Gasteiger partial charge is 0.324 e. The van der Waals surface area contributed by atoms with Crippen molar-refractivity contribution in [2.24, 2.45) is 7.05 Å². The zero-order valence-electron chi connectivity index (χ0n) is 11.8. The highest BCUT2D eigenvalue weighted by Crippen LogP contribution is 2.23. The van der Waals surface area contributed by atoms with Crippen LogP contribution in [0.15, 0.2) is 12.4 Å². The highest BCUT2D eigenvalue weighted by Gasteiger charge is 2.33. The molecule has 6 heteroatoms. The topological polar surface area (TPSA) is 59.4 Å². The molecule has 1 N–H and O–H groups in total. The van der Waals surface area contributed by atoms with Gasteiger partial charge in [0.1, 0.15) is 6.04 Å². The van der Waals surface area contributed by atoms with Crippen LogP contribution in [-0.2, 0) is 16.6 Å². The molecule has 106 valence electrons. The van der Waals surface area contributed by atoms with Crippen molar-refractivity contribution in [1.82, 2.24) is 20.0 Å². The highest BCUT2D eigenvalue weighted by atomic mass is 16.5. The molecule has 1 fully saturated rings. The van der Waals surface area contributed by atoms with Gasteiger partial charge in [0.15, 0.2) is 0 Å². The third-order valence-corrected chi connectivity index (χ3v) is 3.55. The Hall–Kier alpha value is -1.40. The van der Waals surface area contributed by atoms with Gasteiger partial charge in [-0.2, -0.15) is 5.10 Å². The second kappa shape index (κ2) is 6.16. The third kappa shape index (κ3) is 3.13. The van der Waals surface area contributed by atoms with Crippen LogP contribution in [0.2, 0.25) is 0 Å². The van der Waals surface area contributed by atoms with Gasteiger partial charge >= 0.3 is 5.97 Å². The fourth-order valence-electron chi connectivity index (χ4n) is 2.49. The number of hydrogen-bond acceptors (Lipinski definition) is 5. The summed E-state index contributed by atoms with van der Waals surface area (Å²) in [7, 11) is 1.90. The molecule has 0 bridgehead atoms. The van der Waals surface area contributed by atoms with E-state index in [2.05, 4.69) is 22.2 Å². The van der Waals surface area contributed by atoms with Gasteiger partial charge in [0.25, 0.3) is 0 Å². The quantitative estimate of drug-likeness (QED) is 0.795. The van der Waals surface area contributed by atoms with E-state index in [1.165, 1.54) is 0 Å². The minimum Gasteiger partial charge on any atom is -0.465 e. The molecule has 0 amide bonds. The van der Waals surface area contributed by atoms with Crippen LogP contribution in [0.1, 0.15) is 25.5 Å². The van der Waals surface area contributed by atoms with Gasteiger partial charge in [-0.3, -0.25) is 14.4 Å². The SMILES string of the molecule is CCOC(=O)C1CNCCN1C(C)c1cnn(C)c1. The monoisotopic (exact) mass is 266 g/mol. The minimum atomic E-state index is -0.219. The Morgan fingerprint density at radius 3 is 3.11 bits per heavy atom. The standard InChI is InChI=1S/C13H22N4O2/c1-4-19-13(18)12-8-14-5-6-17(12)10(2)11-7-15-16(3)9-11/h7,9-10,12,14H,4-6,8H2,1-3H3. The average molecular weight is 266 g/mol. The van der Waals surface area contributed by atoms with Crippen molar-refractivity contribution in [3.05, 3.63) is 18.0 Å². The van der Waals surface area contributed by atoms with Crippen molar-refractivity contribution in [3.8, 4) is 0 Å². The van der Waals surface area contributed by atoms with E-state index < -0.39 is 0 Å². The summed E-state index contributed by atoms with van der Waals surface area (Å²) in [5.74, 6) is -0.148. The molecule has 0 aromatic carbocycles. The maximum absolute atomic E-state index is 12.0. The number of nitrogens with one attached hydrogen (secondary N) is 1. The van der Waals surface area contributed by atoms with E-state index in [4.69, 9.17) is 4.74 Å². The van der Waals surface area contributed by atoms with Gasteiger partial charge in [-0.1, -0.05) is 0 Å². The lowest BCUT2D eigenvalue weighted by atomic mass is 10.1. The van der Waals surface area contributed by atoms with Crippen molar-refractivity contribution >= 4 is 5.97 Å². The van der Waals surface area contributed by atoms with Crippen molar-refractivity contribution in [2.45, 2.75) is 25.9 Å².